The van der Waals surface area contributed by atoms with Crippen LogP contribution < -0.4 is 5.32 Å². The Bertz CT molecular complexity index is 689. The number of aromatic nitrogens is 4. The van der Waals surface area contributed by atoms with Gasteiger partial charge in [-0.1, -0.05) is 30.3 Å². The highest BCUT2D eigenvalue weighted by Gasteiger charge is 2.11. The standard InChI is InChI=1S/C14H15N5/c1-9(11-6-4-3-5-7-11)17-13-12-14(16-8-15-13)19-10(2)18-12/h3-9H,1-2H3,(H2,15,16,17,18,19)/t9-/m1/s1. The summed E-state index contributed by atoms with van der Waals surface area (Å²) in [5.74, 6) is 1.59. The molecule has 2 aromatic heterocycles. The number of rotatable bonds is 3. The molecule has 0 spiro atoms. The number of anilines is 1. The molecule has 1 atom stereocenters. The maximum atomic E-state index is 4.42. The van der Waals surface area contributed by atoms with Crippen LogP contribution in [0.15, 0.2) is 36.7 Å². The van der Waals surface area contributed by atoms with Crippen molar-refractivity contribution in [2.24, 2.45) is 0 Å². The molecule has 5 nitrogen and oxygen atoms in total. The van der Waals surface area contributed by atoms with E-state index < -0.39 is 0 Å². The van der Waals surface area contributed by atoms with E-state index in [0.717, 1.165) is 22.8 Å². The van der Waals surface area contributed by atoms with E-state index in [1.165, 1.54) is 5.56 Å². The van der Waals surface area contributed by atoms with Gasteiger partial charge in [0.2, 0.25) is 0 Å². The van der Waals surface area contributed by atoms with Crippen LogP contribution in [-0.4, -0.2) is 19.9 Å². The first kappa shape index (κ1) is 11.6. The van der Waals surface area contributed by atoms with Crippen molar-refractivity contribution in [3.8, 4) is 0 Å². The lowest BCUT2D eigenvalue weighted by molar-refractivity contribution is 0.875. The highest BCUT2D eigenvalue weighted by molar-refractivity contribution is 5.82. The molecule has 0 aliphatic rings. The van der Waals surface area contributed by atoms with Crippen molar-refractivity contribution < 1.29 is 0 Å². The normalized spacial score (nSPS) is 12.5. The fraction of sp³-hybridized carbons (Fsp3) is 0.214. The van der Waals surface area contributed by atoms with Crippen LogP contribution in [0.1, 0.15) is 24.4 Å². The first-order chi connectivity index (χ1) is 9.24. The monoisotopic (exact) mass is 253 g/mol. The van der Waals surface area contributed by atoms with Crippen LogP contribution in [0, 0.1) is 6.92 Å². The third kappa shape index (κ3) is 2.27. The predicted octanol–water partition coefficient (Wildman–Crippen LogP) is 2.83. The minimum Gasteiger partial charge on any atom is -0.362 e. The number of fused-ring (bicyclic) bond motifs is 1. The van der Waals surface area contributed by atoms with Gasteiger partial charge in [0.05, 0.1) is 6.04 Å². The molecule has 3 aromatic rings. The maximum absolute atomic E-state index is 4.42. The van der Waals surface area contributed by atoms with Crippen molar-refractivity contribution >= 4 is 17.0 Å². The van der Waals surface area contributed by atoms with Gasteiger partial charge in [0.15, 0.2) is 17.0 Å². The molecule has 3 rings (SSSR count). The molecule has 2 N–H and O–H groups in total. The first-order valence-corrected chi connectivity index (χ1v) is 6.23. The smallest absolute Gasteiger partial charge is 0.162 e. The Morgan fingerprint density at radius 1 is 1.16 bits per heavy atom. The van der Waals surface area contributed by atoms with Crippen LogP contribution in [0.5, 0.6) is 0 Å². The van der Waals surface area contributed by atoms with Gasteiger partial charge in [-0.3, -0.25) is 0 Å². The highest BCUT2D eigenvalue weighted by Crippen LogP contribution is 2.22. The number of hydrogen-bond donors (Lipinski definition) is 2. The van der Waals surface area contributed by atoms with Gasteiger partial charge < -0.3 is 10.3 Å². The van der Waals surface area contributed by atoms with Gasteiger partial charge in [0.25, 0.3) is 0 Å². The minimum absolute atomic E-state index is 0.163. The summed E-state index contributed by atoms with van der Waals surface area (Å²) in [7, 11) is 0. The zero-order chi connectivity index (χ0) is 13.2. The molecule has 96 valence electrons. The third-order valence-corrected chi connectivity index (χ3v) is 3.05. The van der Waals surface area contributed by atoms with Crippen LogP contribution in [0.25, 0.3) is 11.2 Å². The van der Waals surface area contributed by atoms with Crippen LogP contribution >= 0.6 is 0 Å². The number of H-pyrrole nitrogens is 1. The number of aryl methyl sites for hydroxylation is 1. The van der Waals surface area contributed by atoms with E-state index in [9.17, 15) is 0 Å². The first-order valence-electron chi connectivity index (χ1n) is 6.23. The molecule has 0 bridgehead atoms. The average molecular weight is 253 g/mol. The lowest BCUT2D eigenvalue weighted by atomic mass is 10.1. The Kier molecular flexibility index (Phi) is 2.87. The van der Waals surface area contributed by atoms with Crippen molar-refractivity contribution in [1.29, 1.82) is 0 Å². The van der Waals surface area contributed by atoms with Crippen LogP contribution in [0.4, 0.5) is 5.82 Å². The minimum atomic E-state index is 0.163. The van der Waals surface area contributed by atoms with Gasteiger partial charge in [-0.25, -0.2) is 15.0 Å². The molecular weight excluding hydrogens is 238 g/mol. The van der Waals surface area contributed by atoms with Crippen LogP contribution in [0.3, 0.4) is 0 Å². The number of benzene rings is 1. The van der Waals surface area contributed by atoms with E-state index in [1.807, 2.05) is 25.1 Å². The van der Waals surface area contributed by atoms with Gasteiger partial charge in [0.1, 0.15) is 12.2 Å². The lowest BCUT2D eigenvalue weighted by Crippen LogP contribution is -2.08. The molecule has 1 aromatic carbocycles. The lowest BCUT2D eigenvalue weighted by Gasteiger charge is -2.14. The molecular formula is C14H15N5. The van der Waals surface area contributed by atoms with Crippen molar-refractivity contribution in [3.05, 3.63) is 48.0 Å². The Hall–Kier alpha value is -2.43. The van der Waals surface area contributed by atoms with Gasteiger partial charge in [-0.15, -0.1) is 0 Å². The molecule has 0 aliphatic carbocycles. The Morgan fingerprint density at radius 2 is 1.95 bits per heavy atom. The van der Waals surface area contributed by atoms with E-state index in [0.29, 0.717) is 0 Å². The summed E-state index contributed by atoms with van der Waals surface area (Å²) >= 11 is 0. The number of aromatic amines is 1. The second kappa shape index (κ2) is 4.68. The highest BCUT2D eigenvalue weighted by atomic mass is 15.1. The van der Waals surface area contributed by atoms with Gasteiger partial charge in [-0.05, 0) is 19.4 Å². The predicted molar refractivity (Wildman–Crippen MR) is 74.9 cm³/mol. The number of nitrogens with zero attached hydrogens (tertiary/aromatic N) is 3. The topological polar surface area (TPSA) is 66.5 Å². The molecule has 0 saturated heterocycles. The average Bonchev–Trinajstić information content (AvgIpc) is 2.81. The van der Waals surface area contributed by atoms with E-state index in [1.54, 1.807) is 6.33 Å². The summed E-state index contributed by atoms with van der Waals surface area (Å²) in [6.45, 7) is 4.01. The van der Waals surface area contributed by atoms with Gasteiger partial charge >= 0.3 is 0 Å². The number of imidazole rings is 1. The van der Waals surface area contributed by atoms with E-state index in [-0.39, 0.29) is 6.04 Å². The molecule has 2 heterocycles. The van der Waals surface area contributed by atoms with Gasteiger partial charge in [0, 0.05) is 0 Å². The Balaban J connectivity index is 1.93. The third-order valence-electron chi connectivity index (χ3n) is 3.05. The fourth-order valence-electron chi connectivity index (χ4n) is 2.08. The summed E-state index contributed by atoms with van der Waals surface area (Å²) < 4.78 is 0. The number of hydrogen-bond acceptors (Lipinski definition) is 4. The van der Waals surface area contributed by atoms with Crippen molar-refractivity contribution in [2.75, 3.05) is 5.32 Å². The quantitative estimate of drug-likeness (QED) is 0.753. The molecule has 0 aliphatic heterocycles. The SMILES string of the molecule is Cc1nc2c(N[C@H](C)c3ccccc3)ncnc2[nH]1. The van der Waals surface area contributed by atoms with E-state index in [4.69, 9.17) is 0 Å². The van der Waals surface area contributed by atoms with Gasteiger partial charge in [-0.2, -0.15) is 0 Å². The Labute approximate surface area is 111 Å². The largest absolute Gasteiger partial charge is 0.362 e. The summed E-state index contributed by atoms with van der Waals surface area (Å²) in [4.78, 5) is 16.0. The molecule has 19 heavy (non-hydrogen) atoms. The second-order valence-electron chi connectivity index (χ2n) is 4.52. The van der Waals surface area contributed by atoms with Crippen molar-refractivity contribution in [3.63, 3.8) is 0 Å². The summed E-state index contributed by atoms with van der Waals surface area (Å²) in [6, 6.07) is 10.4. The van der Waals surface area contributed by atoms with Crippen LogP contribution in [0.2, 0.25) is 0 Å². The maximum Gasteiger partial charge on any atom is 0.162 e. The zero-order valence-electron chi connectivity index (χ0n) is 10.9. The molecule has 0 fully saturated rings. The van der Waals surface area contributed by atoms with Crippen molar-refractivity contribution in [2.45, 2.75) is 19.9 Å². The molecule has 0 unspecified atom stereocenters. The molecule has 5 heteroatoms. The summed E-state index contributed by atoms with van der Waals surface area (Å²) in [6.07, 6.45) is 1.54. The molecule has 0 amide bonds. The molecule has 0 radical (unpaired) electrons. The fourth-order valence-corrected chi connectivity index (χ4v) is 2.08. The van der Waals surface area contributed by atoms with E-state index >= 15 is 0 Å². The zero-order valence-corrected chi connectivity index (χ0v) is 10.9. The number of nitrogens with one attached hydrogen (secondary N) is 2. The van der Waals surface area contributed by atoms with Crippen LogP contribution in [-0.2, 0) is 0 Å². The van der Waals surface area contributed by atoms with Crippen molar-refractivity contribution in [1.82, 2.24) is 19.9 Å². The summed E-state index contributed by atoms with van der Waals surface area (Å²) in [5.41, 5.74) is 2.75. The van der Waals surface area contributed by atoms with E-state index in [2.05, 4.69) is 44.3 Å². The Morgan fingerprint density at radius 3 is 2.74 bits per heavy atom. The molecule has 0 saturated carbocycles. The second-order valence-corrected chi connectivity index (χ2v) is 4.52. The summed E-state index contributed by atoms with van der Waals surface area (Å²) in [5, 5.41) is 3.38.